The van der Waals surface area contributed by atoms with Crippen molar-refractivity contribution >= 4 is 18.2 Å². The summed E-state index contributed by atoms with van der Waals surface area (Å²) in [5, 5.41) is 0. The molecule has 1 nitrogen and oxygen atoms in total. The van der Waals surface area contributed by atoms with Crippen LogP contribution in [-0.4, -0.2) is 5.78 Å². The Labute approximate surface area is 85.3 Å². The van der Waals surface area contributed by atoms with Gasteiger partial charge in [0.25, 0.3) is 0 Å². The summed E-state index contributed by atoms with van der Waals surface area (Å²) < 4.78 is 36.1. The molecule has 0 aliphatic heterocycles. The number of hydrogen-bond acceptors (Lipinski definition) is 1. The largest absolute Gasteiger partial charge is 0.416 e. The summed E-state index contributed by atoms with van der Waals surface area (Å²) in [5.74, 6) is -0.242. The number of rotatable bonds is 1. The van der Waals surface area contributed by atoms with Crippen LogP contribution in [0.1, 0.15) is 22.8 Å². The van der Waals surface area contributed by atoms with E-state index in [0.29, 0.717) is 0 Å². The molecule has 0 heterocycles. The van der Waals surface area contributed by atoms with E-state index in [1.807, 2.05) is 0 Å². The maximum atomic E-state index is 12.0. The van der Waals surface area contributed by atoms with Crippen molar-refractivity contribution in [2.24, 2.45) is 0 Å². The van der Waals surface area contributed by atoms with E-state index in [0.717, 1.165) is 12.1 Å². The van der Waals surface area contributed by atoms with Crippen molar-refractivity contribution in [1.29, 1.82) is 0 Å². The van der Waals surface area contributed by atoms with Crippen molar-refractivity contribution in [2.75, 3.05) is 0 Å². The number of alkyl halides is 3. The Morgan fingerprint density at radius 1 is 1.14 bits per heavy atom. The number of Topliss-reactive ketones (excluding diaryl/α,β-unsaturated/α-hetero) is 1. The molecule has 0 amide bonds. The Bertz CT molecular complexity index is 316. The molecule has 14 heavy (non-hydrogen) atoms. The molecule has 0 aliphatic carbocycles. The molecule has 1 aromatic rings. The fourth-order valence-corrected chi connectivity index (χ4v) is 0.894. The Morgan fingerprint density at radius 3 is 1.86 bits per heavy atom. The van der Waals surface area contributed by atoms with Gasteiger partial charge in [0.15, 0.2) is 5.78 Å². The van der Waals surface area contributed by atoms with Crippen LogP contribution < -0.4 is 0 Å². The molecule has 0 radical (unpaired) electrons. The average molecular weight is 225 g/mol. The third-order valence-electron chi connectivity index (χ3n) is 1.62. The van der Waals surface area contributed by atoms with Crippen molar-refractivity contribution in [2.45, 2.75) is 13.1 Å². The first-order chi connectivity index (χ1) is 5.91. The third kappa shape index (κ3) is 3.03. The van der Waals surface area contributed by atoms with E-state index < -0.39 is 11.7 Å². The zero-order valence-electron chi connectivity index (χ0n) is 7.26. The Balaban J connectivity index is 0.00000169. The van der Waals surface area contributed by atoms with Gasteiger partial charge in [0.1, 0.15) is 0 Å². The molecular weight excluding hydrogens is 217 g/mol. The van der Waals surface area contributed by atoms with Crippen LogP contribution in [0.4, 0.5) is 13.2 Å². The zero-order chi connectivity index (χ0) is 10.1. The molecule has 0 aromatic heterocycles. The van der Waals surface area contributed by atoms with Crippen molar-refractivity contribution in [3.63, 3.8) is 0 Å². The minimum atomic E-state index is -4.34. The normalized spacial score (nSPS) is 10.6. The van der Waals surface area contributed by atoms with E-state index in [2.05, 4.69) is 0 Å². The van der Waals surface area contributed by atoms with Crippen molar-refractivity contribution in [3.05, 3.63) is 35.4 Å². The second kappa shape index (κ2) is 4.46. The lowest BCUT2D eigenvalue weighted by Gasteiger charge is -2.05. The second-order valence-electron chi connectivity index (χ2n) is 2.63. The lowest BCUT2D eigenvalue weighted by molar-refractivity contribution is -0.137. The van der Waals surface area contributed by atoms with Gasteiger partial charge < -0.3 is 0 Å². The van der Waals surface area contributed by atoms with Gasteiger partial charge in [-0.2, -0.15) is 13.2 Å². The first-order valence-electron chi connectivity index (χ1n) is 3.59. The Hall–Kier alpha value is -1.03. The quantitative estimate of drug-likeness (QED) is 0.669. The third-order valence-corrected chi connectivity index (χ3v) is 1.62. The number of carbonyl (C=O) groups excluding carboxylic acids is 1. The lowest BCUT2D eigenvalue weighted by Crippen LogP contribution is -2.05. The summed E-state index contributed by atoms with van der Waals surface area (Å²) in [6, 6.07) is 4.14. The maximum Gasteiger partial charge on any atom is 0.416 e. The maximum absolute atomic E-state index is 12.0. The molecule has 0 aliphatic rings. The van der Waals surface area contributed by atoms with Crippen LogP contribution in [0.25, 0.3) is 0 Å². The molecule has 0 fully saturated rings. The van der Waals surface area contributed by atoms with Crippen molar-refractivity contribution in [3.8, 4) is 0 Å². The fourth-order valence-electron chi connectivity index (χ4n) is 0.894. The molecule has 1 aromatic carbocycles. The average Bonchev–Trinajstić information content (AvgIpc) is 2.03. The van der Waals surface area contributed by atoms with Crippen LogP contribution in [0.5, 0.6) is 0 Å². The molecule has 0 saturated carbocycles. The summed E-state index contributed by atoms with van der Waals surface area (Å²) in [5.41, 5.74) is -0.453. The predicted octanol–water partition coefficient (Wildman–Crippen LogP) is 3.33. The van der Waals surface area contributed by atoms with Gasteiger partial charge in [-0.3, -0.25) is 4.79 Å². The number of benzene rings is 1. The highest BCUT2D eigenvalue weighted by atomic mass is 35.5. The first-order valence-corrected chi connectivity index (χ1v) is 3.59. The molecular formula is C9H8ClF3O. The number of hydrogen-bond donors (Lipinski definition) is 0. The predicted molar refractivity (Wildman–Crippen MR) is 48.7 cm³/mol. The molecule has 0 spiro atoms. The van der Waals surface area contributed by atoms with E-state index >= 15 is 0 Å². The van der Waals surface area contributed by atoms with Gasteiger partial charge in [-0.05, 0) is 19.1 Å². The topological polar surface area (TPSA) is 17.1 Å². The standard InChI is InChI=1S/C9H7F3O.ClH/c1-6(13)7-2-4-8(5-3-7)9(10,11)12;/h2-5H,1H3;1H. The van der Waals surface area contributed by atoms with Gasteiger partial charge in [0.2, 0.25) is 0 Å². The van der Waals surface area contributed by atoms with E-state index in [-0.39, 0.29) is 23.8 Å². The summed E-state index contributed by atoms with van der Waals surface area (Å²) in [7, 11) is 0. The molecule has 0 saturated heterocycles. The monoisotopic (exact) mass is 224 g/mol. The van der Waals surface area contributed by atoms with Crippen LogP contribution >= 0.6 is 12.4 Å². The molecule has 78 valence electrons. The molecule has 0 N–H and O–H groups in total. The lowest BCUT2D eigenvalue weighted by atomic mass is 10.1. The van der Waals surface area contributed by atoms with Gasteiger partial charge in [0, 0.05) is 5.56 Å². The Kier molecular flexibility index (Phi) is 4.13. The van der Waals surface area contributed by atoms with Gasteiger partial charge in [-0.15, -0.1) is 12.4 Å². The zero-order valence-corrected chi connectivity index (χ0v) is 8.08. The van der Waals surface area contributed by atoms with Gasteiger partial charge in [-0.25, -0.2) is 0 Å². The highest BCUT2D eigenvalue weighted by Crippen LogP contribution is 2.28. The fraction of sp³-hybridized carbons (Fsp3) is 0.222. The van der Waals surface area contributed by atoms with Gasteiger partial charge in [0.05, 0.1) is 5.56 Å². The summed E-state index contributed by atoms with van der Waals surface area (Å²) in [6.45, 7) is 1.31. The molecule has 0 bridgehead atoms. The molecule has 0 atom stereocenters. The second-order valence-corrected chi connectivity index (χ2v) is 2.63. The van der Waals surface area contributed by atoms with Crippen molar-refractivity contribution in [1.82, 2.24) is 0 Å². The molecule has 5 heteroatoms. The SMILES string of the molecule is CC(=O)c1ccc(C(F)(F)F)cc1.Cl. The highest BCUT2D eigenvalue weighted by Gasteiger charge is 2.29. The smallest absolute Gasteiger partial charge is 0.295 e. The van der Waals surface area contributed by atoms with Crippen LogP contribution in [-0.2, 0) is 6.18 Å². The molecule has 0 unspecified atom stereocenters. The number of ketones is 1. The summed E-state index contributed by atoms with van der Waals surface area (Å²) in [6.07, 6.45) is -4.34. The summed E-state index contributed by atoms with van der Waals surface area (Å²) >= 11 is 0. The minimum absolute atomic E-state index is 0. The van der Waals surface area contributed by atoms with E-state index in [4.69, 9.17) is 0 Å². The van der Waals surface area contributed by atoms with Gasteiger partial charge in [-0.1, -0.05) is 12.1 Å². The minimum Gasteiger partial charge on any atom is -0.295 e. The summed E-state index contributed by atoms with van der Waals surface area (Å²) in [4.78, 5) is 10.7. The van der Waals surface area contributed by atoms with Crippen molar-refractivity contribution < 1.29 is 18.0 Å². The van der Waals surface area contributed by atoms with Crippen LogP contribution in [0, 0.1) is 0 Å². The Morgan fingerprint density at radius 2 is 1.57 bits per heavy atom. The van der Waals surface area contributed by atoms with E-state index in [1.165, 1.54) is 19.1 Å². The number of halogens is 4. The first kappa shape index (κ1) is 13.0. The van der Waals surface area contributed by atoms with Crippen LogP contribution in [0.3, 0.4) is 0 Å². The molecule has 1 rings (SSSR count). The van der Waals surface area contributed by atoms with Crippen LogP contribution in [0.15, 0.2) is 24.3 Å². The van der Waals surface area contributed by atoms with E-state index in [9.17, 15) is 18.0 Å². The highest BCUT2D eigenvalue weighted by molar-refractivity contribution is 5.94. The van der Waals surface area contributed by atoms with Crippen LogP contribution in [0.2, 0.25) is 0 Å². The van der Waals surface area contributed by atoms with E-state index in [1.54, 1.807) is 0 Å². The van der Waals surface area contributed by atoms with Gasteiger partial charge >= 0.3 is 6.18 Å². The number of carbonyl (C=O) groups is 1.